The van der Waals surface area contributed by atoms with Gasteiger partial charge in [0.2, 0.25) is 0 Å². The van der Waals surface area contributed by atoms with Crippen molar-refractivity contribution in [3.8, 4) is 0 Å². The molecule has 0 saturated heterocycles. The number of nitrogens with zero attached hydrogens (tertiary/aromatic N) is 1. The Morgan fingerprint density at radius 1 is 0.760 bits per heavy atom. The van der Waals surface area contributed by atoms with Crippen LogP contribution in [0.3, 0.4) is 0 Å². The summed E-state index contributed by atoms with van der Waals surface area (Å²) in [6, 6.07) is 27.3. The second kappa shape index (κ2) is 8.06. The van der Waals surface area contributed by atoms with E-state index in [1.807, 2.05) is 72.8 Å². The van der Waals surface area contributed by atoms with E-state index in [9.17, 15) is 4.79 Å². The van der Waals surface area contributed by atoms with Crippen LogP contribution in [0.1, 0.15) is 28.4 Å². The summed E-state index contributed by atoms with van der Waals surface area (Å²) in [6.45, 7) is 2.16. The average Bonchev–Trinajstić information content (AvgIpc) is 2.68. The number of hydrogen-bond donors (Lipinski definition) is 0. The van der Waals surface area contributed by atoms with E-state index in [4.69, 9.17) is 9.73 Å². The third-order valence-corrected chi connectivity index (χ3v) is 3.71. The topological polar surface area (TPSA) is 38.7 Å². The highest BCUT2D eigenvalue weighted by molar-refractivity contribution is 6.13. The number of aliphatic imine (C=N–C) groups is 1. The maximum absolute atomic E-state index is 11.8. The predicted octanol–water partition coefficient (Wildman–Crippen LogP) is 5.03. The fourth-order valence-corrected chi connectivity index (χ4v) is 2.50. The summed E-state index contributed by atoms with van der Waals surface area (Å²) in [4.78, 5) is 16.6. The van der Waals surface area contributed by atoms with E-state index in [0.29, 0.717) is 12.2 Å². The van der Waals surface area contributed by atoms with E-state index in [1.54, 1.807) is 19.1 Å². The highest BCUT2D eigenvalue weighted by atomic mass is 16.5. The minimum absolute atomic E-state index is 0.315. The van der Waals surface area contributed by atoms with Gasteiger partial charge in [0.15, 0.2) is 0 Å². The molecule has 3 aromatic rings. The normalized spacial score (nSPS) is 10.1. The van der Waals surface area contributed by atoms with E-state index in [0.717, 1.165) is 22.5 Å². The highest BCUT2D eigenvalue weighted by Gasteiger charge is 2.08. The molecule has 0 heterocycles. The Hall–Kier alpha value is -3.20. The largest absolute Gasteiger partial charge is 0.462 e. The molecular formula is C22H19NO2. The van der Waals surface area contributed by atoms with Crippen LogP contribution in [0, 0.1) is 0 Å². The van der Waals surface area contributed by atoms with Gasteiger partial charge < -0.3 is 4.74 Å². The molecule has 0 N–H and O–H groups in total. The van der Waals surface area contributed by atoms with Gasteiger partial charge in [0.1, 0.15) is 0 Å². The molecule has 0 saturated carbocycles. The van der Waals surface area contributed by atoms with Gasteiger partial charge in [0.05, 0.1) is 23.6 Å². The third kappa shape index (κ3) is 4.21. The molecule has 0 aliphatic carbocycles. The monoisotopic (exact) mass is 329 g/mol. The van der Waals surface area contributed by atoms with Gasteiger partial charge in [-0.25, -0.2) is 9.79 Å². The molecule has 3 aromatic carbocycles. The molecule has 0 radical (unpaired) electrons. The van der Waals surface area contributed by atoms with Gasteiger partial charge in [-0.15, -0.1) is 0 Å². The summed E-state index contributed by atoms with van der Waals surface area (Å²) in [6.07, 6.45) is 0. The zero-order valence-electron chi connectivity index (χ0n) is 14.1. The first-order valence-electron chi connectivity index (χ1n) is 8.24. The number of rotatable bonds is 5. The van der Waals surface area contributed by atoms with Crippen molar-refractivity contribution in [3.63, 3.8) is 0 Å². The second-order valence-corrected chi connectivity index (χ2v) is 5.46. The average molecular weight is 329 g/mol. The Morgan fingerprint density at radius 3 is 1.76 bits per heavy atom. The zero-order chi connectivity index (χ0) is 17.5. The quantitative estimate of drug-likeness (QED) is 0.486. The van der Waals surface area contributed by atoms with Gasteiger partial charge in [-0.1, -0.05) is 60.7 Å². The Bertz CT molecular complexity index is 812. The minimum Gasteiger partial charge on any atom is -0.462 e. The fraction of sp³-hybridized carbons (Fsp3) is 0.0909. The Balaban J connectivity index is 1.98. The van der Waals surface area contributed by atoms with Crippen LogP contribution in [0.4, 0.5) is 5.69 Å². The third-order valence-electron chi connectivity index (χ3n) is 3.71. The number of hydrogen-bond acceptors (Lipinski definition) is 3. The second-order valence-electron chi connectivity index (χ2n) is 5.46. The molecule has 0 amide bonds. The van der Waals surface area contributed by atoms with Gasteiger partial charge in [-0.05, 0) is 31.2 Å². The molecule has 3 nitrogen and oxygen atoms in total. The zero-order valence-corrected chi connectivity index (χ0v) is 14.1. The van der Waals surface area contributed by atoms with Crippen LogP contribution in [0.5, 0.6) is 0 Å². The number of ether oxygens (including phenoxy) is 1. The van der Waals surface area contributed by atoms with Gasteiger partial charge in [0, 0.05) is 11.1 Å². The van der Waals surface area contributed by atoms with E-state index in [1.165, 1.54) is 0 Å². The molecule has 25 heavy (non-hydrogen) atoms. The number of esters is 1. The van der Waals surface area contributed by atoms with Crippen LogP contribution in [-0.2, 0) is 4.74 Å². The SMILES string of the molecule is CCOC(=O)c1ccc(N=C(c2ccccc2)c2ccccc2)cc1. The molecule has 124 valence electrons. The molecule has 3 rings (SSSR count). The summed E-state index contributed by atoms with van der Waals surface area (Å²) in [5.74, 6) is -0.315. The lowest BCUT2D eigenvalue weighted by Crippen LogP contribution is -2.04. The van der Waals surface area contributed by atoms with Gasteiger partial charge in [-0.2, -0.15) is 0 Å². The highest BCUT2D eigenvalue weighted by Crippen LogP contribution is 2.19. The molecule has 3 heteroatoms. The van der Waals surface area contributed by atoms with Crippen LogP contribution in [0.15, 0.2) is 89.9 Å². The number of carbonyl (C=O) groups excluding carboxylic acids is 1. The van der Waals surface area contributed by atoms with E-state index in [-0.39, 0.29) is 5.97 Å². The van der Waals surface area contributed by atoms with Crippen LogP contribution in [0.2, 0.25) is 0 Å². The first-order valence-corrected chi connectivity index (χ1v) is 8.24. The van der Waals surface area contributed by atoms with E-state index in [2.05, 4.69) is 0 Å². The first-order chi connectivity index (χ1) is 12.3. The first kappa shape index (κ1) is 16.7. The molecule has 0 aliphatic rings. The molecule has 0 atom stereocenters. The summed E-state index contributed by atoms with van der Waals surface area (Å²) in [5, 5.41) is 0. The standard InChI is InChI=1S/C22H19NO2/c1-2-25-22(24)19-13-15-20(16-14-19)23-21(17-9-5-3-6-10-17)18-11-7-4-8-12-18/h3-16H,2H2,1H3. The number of carbonyl (C=O) groups is 1. The van der Waals surface area contributed by atoms with Crippen molar-refractivity contribution in [1.29, 1.82) is 0 Å². The van der Waals surface area contributed by atoms with Gasteiger partial charge >= 0.3 is 5.97 Å². The van der Waals surface area contributed by atoms with Gasteiger partial charge in [-0.3, -0.25) is 0 Å². The molecule has 0 fully saturated rings. The maximum atomic E-state index is 11.8. The van der Waals surface area contributed by atoms with Crippen molar-refractivity contribution in [2.45, 2.75) is 6.92 Å². The molecule has 0 unspecified atom stereocenters. The fourth-order valence-electron chi connectivity index (χ4n) is 2.50. The van der Waals surface area contributed by atoms with Crippen LogP contribution in [0.25, 0.3) is 0 Å². The lowest BCUT2D eigenvalue weighted by atomic mass is 10.0. The van der Waals surface area contributed by atoms with Crippen molar-refractivity contribution < 1.29 is 9.53 Å². The number of benzene rings is 3. The Labute approximate surface area is 147 Å². The summed E-state index contributed by atoms with van der Waals surface area (Å²) >= 11 is 0. The van der Waals surface area contributed by atoms with Crippen molar-refractivity contribution in [2.75, 3.05) is 6.61 Å². The van der Waals surface area contributed by atoms with Crippen molar-refractivity contribution in [2.24, 2.45) is 4.99 Å². The summed E-state index contributed by atoms with van der Waals surface area (Å²) in [5.41, 5.74) is 4.30. The van der Waals surface area contributed by atoms with Gasteiger partial charge in [0.25, 0.3) is 0 Å². The van der Waals surface area contributed by atoms with E-state index >= 15 is 0 Å². The van der Waals surface area contributed by atoms with E-state index < -0.39 is 0 Å². The van der Waals surface area contributed by atoms with Crippen LogP contribution >= 0.6 is 0 Å². The van der Waals surface area contributed by atoms with Crippen LogP contribution in [-0.4, -0.2) is 18.3 Å². The maximum Gasteiger partial charge on any atom is 0.338 e. The molecular weight excluding hydrogens is 310 g/mol. The lowest BCUT2D eigenvalue weighted by molar-refractivity contribution is 0.0526. The molecule has 0 spiro atoms. The Morgan fingerprint density at radius 2 is 1.28 bits per heavy atom. The summed E-state index contributed by atoms with van der Waals surface area (Å²) < 4.78 is 5.01. The van der Waals surface area contributed by atoms with Crippen molar-refractivity contribution >= 4 is 17.4 Å². The smallest absolute Gasteiger partial charge is 0.338 e. The Kier molecular flexibility index (Phi) is 5.37. The summed E-state index contributed by atoms with van der Waals surface area (Å²) in [7, 11) is 0. The molecule has 0 aromatic heterocycles. The van der Waals surface area contributed by atoms with Crippen LogP contribution < -0.4 is 0 Å². The molecule has 0 bridgehead atoms. The minimum atomic E-state index is -0.315. The van der Waals surface area contributed by atoms with Crippen molar-refractivity contribution in [3.05, 3.63) is 102 Å². The van der Waals surface area contributed by atoms with Crippen molar-refractivity contribution in [1.82, 2.24) is 0 Å². The predicted molar refractivity (Wildman–Crippen MR) is 101 cm³/mol. The molecule has 0 aliphatic heterocycles. The lowest BCUT2D eigenvalue weighted by Gasteiger charge is -2.08.